The van der Waals surface area contributed by atoms with Crippen molar-refractivity contribution in [2.75, 3.05) is 35.2 Å². The Morgan fingerprint density at radius 1 is 0.871 bits per heavy atom. The molecule has 1 fully saturated rings. The van der Waals surface area contributed by atoms with Gasteiger partial charge >= 0.3 is 6.03 Å². The van der Waals surface area contributed by atoms with Gasteiger partial charge in [0.2, 0.25) is 5.91 Å². The van der Waals surface area contributed by atoms with Crippen LogP contribution in [0, 0.1) is 0 Å². The molecular weight excluding hydrogens is 420 g/mol. The molecule has 0 radical (unpaired) electrons. The fraction of sp³-hybridized carbons (Fsp3) is 0.286. The Hall–Kier alpha value is -3.40. The number of hydrogen-bond donors (Lipinski definition) is 3. The summed E-state index contributed by atoms with van der Waals surface area (Å²) in [5.74, 6) is -0.887. The minimum Gasteiger partial charge on any atom is -0.341 e. The minimum atomic E-state index is -3.09. The van der Waals surface area contributed by atoms with Crippen molar-refractivity contribution in [2.45, 2.75) is 13.0 Å². The molecule has 1 aliphatic heterocycles. The van der Waals surface area contributed by atoms with Gasteiger partial charge in [0.15, 0.2) is 9.84 Å². The van der Waals surface area contributed by atoms with Crippen LogP contribution in [-0.2, 0) is 14.6 Å². The molecule has 1 unspecified atom stereocenters. The van der Waals surface area contributed by atoms with E-state index in [0.717, 1.165) is 0 Å². The fourth-order valence-corrected chi connectivity index (χ4v) is 4.27. The molecule has 0 aromatic heterocycles. The first kappa shape index (κ1) is 22.3. The fourth-order valence-electron chi connectivity index (χ4n) is 3.07. The lowest BCUT2D eigenvalue weighted by Gasteiger charge is -2.29. The van der Waals surface area contributed by atoms with Crippen LogP contribution < -0.4 is 16.0 Å². The van der Waals surface area contributed by atoms with Crippen molar-refractivity contribution >= 4 is 39.1 Å². The summed E-state index contributed by atoms with van der Waals surface area (Å²) < 4.78 is 23.0. The standard InChI is InChI=1S/C21H24N4O5S/c1-15(20(27)25-11-13-31(29,30)14-12-25)22-19(26)16-7-9-18(10-8-16)24-21(28)23-17-5-3-2-4-6-17/h2-10,15H,11-14H2,1H3,(H,22,26)(H2,23,24,28). The lowest BCUT2D eigenvalue weighted by atomic mass is 10.1. The van der Waals surface area contributed by atoms with Gasteiger partial charge in [0.1, 0.15) is 6.04 Å². The molecule has 2 aromatic carbocycles. The van der Waals surface area contributed by atoms with E-state index in [9.17, 15) is 22.8 Å². The van der Waals surface area contributed by atoms with Crippen molar-refractivity contribution in [3.8, 4) is 0 Å². The highest BCUT2D eigenvalue weighted by Crippen LogP contribution is 2.12. The normalized spacial score (nSPS) is 16.1. The second-order valence-electron chi connectivity index (χ2n) is 7.19. The summed E-state index contributed by atoms with van der Waals surface area (Å²) >= 11 is 0. The van der Waals surface area contributed by atoms with Gasteiger partial charge in [-0.25, -0.2) is 13.2 Å². The number of anilines is 2. The first-order valence-corrected chi connectivity index (χ1v) is 11.6. The molecule has 4 amide bonds. The monoisotopic (exact) mass is 444 g/mol. The van der Waals surface area contributed by atoms with Crippen LogP contribution in [0.1, 0.15) is 17.3 Å². The molecular formula is C21H24N4O5S. The number of carbonyl (C=O) groups excluding carboxylic acids is 3. The van der Waals surface area contributed by atoms with Crippen LogP contribution in [0.15, 0.2) is 54.6 Å². The number of benzene rings is 2. The number of amides is 4. The van der Waals surface area contributed by atoms with Crippen LogP contribution in [0.3, 0.4) is 0 Å². The van der Waals surface area contributed by atoms with Crippen LogP contribution in [0.2, 0.25) is 0 Å². The number of para-hydroxylation sites is 1. The molecule has 0 saturated carbocycles. The Bertz CT molecular complexity index is 1040. The van der Waals surface area contributed by atoms with Gasteiger partial charge in [0.05, 0.1) is 11.5 Å². The molecule has 1 saturated heterocycles. The Kier molecular flexibility index (Phi) is 6.91. The molecule has 2 aromatic rings. The van der Waals surface area contributed by atoms with Crippen molar-refractivity contribution in [3.63, 3.8) is 0 Å². The summed E-state index contributed by atoms with van der Waals surface area (Å²) in [5, 5.41) is 7.99. The van der Waals surface area contributed by atoms with Gasteiger partial charge in [-0.15, -0.1) is 0 Å². The van der Waals surface area contributed by atoms with E-state index in [1.165, 1.54) is 17.0 Å². The number of sulfone groups is 1. The molecule has 31 heavy (non-hydrogen) atoms. The molecule has 10 heteroatoms. The third-order valence-electron chi connectivity index (χ3n) is 4.81. The lowest BCUT2D eigenvalue weighted by Crippen LogP contribution is -2.51. The third-order valence-corrected chi connectivity index (χ3v) is 6.42. The maximum Gasteiger partial charge on any atom is 0.323 e. The molecule has 0 bridgehead atoms. The molecule has 164 valence electrons. The number of nitrogens with zero attached hydrogens (tertiary/aromatic N) is 1. The summed E-state index contributed by atoms with van der Waals surface area (Å²) in [6.07, 6.45) is 0. The predicted octanol–water partition coefficient (Wildman–Crippen LogP) is 1.71. The maximum atomic E-state index is 12.5. The smallest absolute Gasteiger partial charge is 0.323 e. The largest absolute Gasteiger partial charge is 0.341 e. The van der Waals surface area contributed by atoms with Crippen LogP contribution in [-0.4, -0.2) is 61.8 Å². The van der Waals surface area contributed by atoms with Gasteiger partial charge in [-0.1, -0.05) is 18.2 Å². The Morgan fingerprint density at radius 2 is 1.42 bits per heavy atom. The molecule has 3 rings (SSSR count). The second kappa shape index (κ2) is 9.61. The predicted molar refractivity (Wildman–Crippen MR) is 118 cm³/mol. The molecule has 0 aliphatic carbocycles. The van der Waals surface area contributed by atoms with E-state index in [1.807, 2.05) is 18.2 Å². The SMILES string of the molecule is CC(NC(=O)c1ccc(NC(=O)Nc2ccccc2)cc1)C(=O)N1CCS(=O)(=O)CC1. The molecule has 3 N–H and O–H groups in total. The molecule has 9 nitrogen and oxygen atoms in total. The number of nitrogens with one attached hydrogen (secondary N) is 3. The van der Waals surface area contributed by atoms with Crippen molar-refractivity contribution < 1.29 is 22.8 Å². The summed E-state index contributed by atoms with van der Waals surface area (Å²) in [5.41, 5.74) is 1.49. The Morgan fingerprint density at radius 3 is 2.00 bits per heavy atom. The van der Waals surface area contributed by atoms with Crippen molar-refractivity contribution in [2.24, 2.45) is 0 Å². The lowest BCUT2D eigenvalue weighted by molar-refractivity contribution is -0.132. The molecule has 1 atom stereocenters. The van der Waals surface area contributed by atoms with Gasteiger partial charge in [-0.3, -0.25) is 9.59 Å². The minimum absolute atomic E-state index is 0.0638. The van der Waals surface area contributed by atoms with Crippen LogP contribution in [0.5, 0.6) is 0 Å². The highest BCUT2D eigenvalue weighted by atomic mass is 32.2. The van der Waals surface area contributed by atoms with Crippen molar-refractivity contribution in [1.29, 1.82) is 0 Å². The molecule has 0 spiro atoms. The first-order chi connectivity index (χ1) is 14.7. The second-order valence-corrected chi connectivity index (χ2v) is 9.50. The number of rotatable bonds is 5. The topological polar surface area (TPSA) is 125 Å². The number of urea groups is 1. The van der Waals surface area contributed by atoms with Crippen LogP contribution in [0.25, 0.3) is 0 Å². The van der Waals surface area contributed by atoms with Crippen LogP contribution >= 0.6 is 0 Å². The van der Waals surface area contributed by atoms with E-state index < -0.39 is 27.8 Å². The van der Waals surface area contributed by atoms with Gasteiger partial charge in [0, 0.05) is 30.0 Å². The van der Waals surface area contributed by atoms with Gasteiger partial charge in [-0.2, -0.15) is 0 Å². The molecule has 1 heterocycles. The van der Waals surface area contributed by atoms with E-state index in [0.29, 0.717) is 16.9 Å². The number of carbonyl (C=O) groups is 3. The maximum absolute atomic E-state index is 12.5. The zero-order valence-corrected chi connectivity index (χ0v) is 17.8. The Labute approximate surface area is 180 Å². The summed E-state index contributed by atoms with van der Waals surface area (Å²) in [4.78, 5) is 38.4. The average molecular weight is 445 g/mol. The molecule has 1 aliphatic rings. The van der Waals surface area contributed by atoms with Gasteiger partial charge in [0.25, 0.3) is 5.91 Å². The zero-order chi connectivity index (χ0) is 22.4. The average Bonchev–Trinajstić information content (AvgIpc) is 2.74. The quantitative estimate of drug-likeness (QED) is 0.648. The zero-order valence-electron chi connectivity index (χ0n) is 17.0. The van der Waals surface area contributed by atoms with Crippen molar-refractivity contribution in [3.05, 3.63) is 60.2 Å². The van der Waals surface area contributed by atoms with Crippen molar-refractivity contribution in [1.82, 2.24) is 10.2 Å². The van der Waals surface area contributed by atoms with E-state index in [-0.39, 0.29) is 30.5 Å². The highest BCUT2D eigenvalue weighted by molar-refractivity contribution is 7.91. The summed E-state index contributed by atoms with van der Waals surface area (Å²) in [6.45, 7) is 1.83. The van der Waals surface area contributed by atoms with E-state index in [1.54, 1.807) is 31.2 Å². The van der Waals surface area contributed by atoms with E-state index in [2.05, 4.69) is 16.0 Å². The van der Waals surface area contributed by atoms with Crippen LogP contribution in [0.4, 0.5) is 16.2 Å². The van der Waals surface area contributed by atoms with Gasteiger partial charge in [-0.05, 0) is 43.3 Å². The third kappa shape index (κ3) is 6.29. The van der Waals surface area contributed by atoms with E-state index >= 15 is 0 Å². The Balaban J connectivity index is 1.51. The van der Waals surface area contributed by atoms with Gasteiger partial charge < -0.3 is 20.9 Å². The summed E-state index contributed by atoms with van der Waals surface area (Å²) in [7, 11) is -3.09. The highest BCUT2D eigenvalue weighted by Gasteiger charge is 2.28. The number of hydrogen-bond acceptors (Lipinski definition) is 5. The first-order valence-electron chi connectivity index (χ1n) is 9.77. The van der Waals surface area contributed by atoms with E-state index in [4.69, 9.17) is 0 Å². The summed E-state index contributed by atoms with van der Waals surface area (Å²) in [6, 6.07) is 14.0.